The van der Waals surface area contributed by atoms with Crippen LogP contribution in [0.5, 0.6) is 0 Å². The molecule has 0 aliphatic carbocycles. The molecular weight excluding hydrogens is 302 g/mol. The second-order valence-corrected chi connectivity index (χ2v) is 1.09. The molecule has 0 atom stereocenters. The number of hydrogen-bond donors (Lipinski definition) is 1. The van der Waals surface area contributed by atoms with Crippen LogP contribution in [0.2, 0.25) is 0 Å². The van der Waals surface area contributed by atoms with E-state index >= 15 is 0 Å². The first-order valence-corrected chi connectivity index (χ1v) is 2.78. The van der Waals surface area contributed by atoms with E-state index in [1.165, 1.54) is 0 Å². The van der Waals surface area contributed by atoms with E-state index in [1.807, 2.05) is 0 Å². The summed E-state index contributed by atoms with van der Waals surface area (Å²) in [5.74, 6) is 0. The first-order chi connectivity index (χ1) is 2.73. The summed E-state index contributed by atoms with van der Waals surface area (Å²) in [7, 11) is 0. The summed E-state index contributed by atoms with van der Waals surface area (Å²) in [6.07, 6.45) is -0.167. The summed E-state index contributed by atoms with van der Waals surface area (Å²) >= 11 is 0.300. The van der Waals surface area contributed by atoms with Crippen molar-refractivity contribution in [3.63, 3.8) is 0 Å². The van der Waals surface area contributed by atoms with Gasteiger partial charge in [0.1, 0.15) is 0 Å². The van der Waals surface area contributed by atoms with Gasteiger partial charge in [0, 0.05) is 31.9 Å². The van der Waals surface area contributed by atoms with Crippen molar-refractivity contribution < 1.29 is 8.18 Å². The minimum atomic E-state index is -0.167. The first-order valence-electron chi connectivity index (χ1n) is 1.62. The summed E-state index contributed by atoms with van der Waals surface area (Å²) in [5.41, 5.74) is 0. The molecule has 0 aromatic rings. The fourth-order valence-corrected chi connectivity index (χ4v) is 0. The van der Waals surface area contributed by atoms with Crippen molar-refractivity contribution in [2.75, 3.05) is 0 Å². The maximum absolute atomic E-state index is 8.34. The SMILES string of the molecule is CC(C)O.[In].[O]=[Sn]. The van der Waals surface area contributed by atoms with Crippen LogP contribution in [0.3, 0.4) is 0 Å². The van der Waals surface area contributed by atoms with Crippen LogP contribution in [0.4, 0.5) is 0 Å². The normalized spacial score (nSPS) is 5.71. The van der Waals surface area contributed by atoms with Gasteiger partial charge in [-0.15, -0.1) is 0 Å². The molecule has 0 aromatic carbocycles. The molecule has 0 aromatic heterocycles. The maximum atomic E-state index is 8.34. The molecule has 0 unspecified atom stereocenters. The Hall–Kier alpha value is 1.43. The summed E-state index contributed by atoms with van der Waals surface area (Å²) in [6, 6.07) is 0. The Bertz CT molecular complexity index is 24.1. The fraction of sp³-hybridized carbons (Fsp3) is 1.00. The van der Waals surface area contributed by atoms with Gasteiger partial charge in [0.15, 0.2) is 0 Å². The van der Waals surface area contributed by atoms with E-state index in [4.69, 9.17) is 8.18 Å². The molecule has 0 fully saturated rings. The molecule has 7 heavy (non-hydrogen) atoms. The molecule has 0 rings (SSSR count). The molecule has 0 saturated heterocycles. The van der Waals surface area contributed by atoms with Crippen molar-refractivity contribution in [3.05, 3.63) is 0 Å². The molecule has 0 bridgehead atoms. The van der Waals surface area contributed by atoms with Crippen molar-refractivity contribution in [2.45, 2.75) is 20.0 Å². The second-order valence-electron chi connectivity index (χ2n) is 1.09. The van der Waals surface area contributed by atoms with E-state index in [2.05, 4.69) is 0 Å². The zero-order valence-corrected chi connectivity index (χ0v) is 10.7. The Morgan fingerprint density at radius 3 is 1.43 bits per heavy atom. The van der Waals surface area contributed by atoms with Crippen LogP contribution in [0.25, 0.3) is 0 Å². The average molecular weight is 310 g/mol. The van der Waals surface area contributed by atoms with Crippen LogP contribution in [0, 0.1) is 0 Å². The molecule has 4 heteroatoms. The molecular formula is C3H8InO2Sn. The van der Waals surface area contributed by atoms with Crippen LogP contribution in [-0.2, 0) is 3.08 Å². The topological polar surface area (TPSA) is 37.3 Å². The van der Waals surface area contributed by atoms with E-state index < -0.39 is 0 Å². The number of aliphatic hydroxyl groups excluding tert-OH is 1. The molecule has 0 amide bonds. The third-order valence-corrected chi connectivity index (χ3v) is 0. The Morgan fingerprint density at radius 1 is 1.43 bits per heavy atom. The van der Waals surface area contributed by atoms with Crippen molar-refractivity contribution in [2.24, 2.45) is 0 Å². The standard InChI is InChI=1S/C3H8O.In.O.Sn/c1-3(2)4;;;/h3-4H,1-2H3;;;. The zero-order chi connectivity index (χ0) is 5.58. The Kier molecular flexibility index (Phi) is 35.3. The Morgan fingerprint density at radius 2 is 1.43 bits per heavy atom. The number of hydrogen-bond acceptors (Lipinski definition) is 2. The van der Waals surface area contributed by atoms with Gasteiger partial charge in [0.05, 0.1) is 0 Å². The van der Waals surface area contributed by atoms with Crippen LogP contribution < -0.4 is 0 Å². The monoisotopic (exact) mass is 311 g/mol. The van der Waals surface area contributed by atoms with Crippen molar-refractivity contribution in [3.8, 4) is 0 Å². The van der Waals surface area contributed by atoms with E-state index in [1.54, 1.807) is 13.8 Å². The zero-order valence-electron chi connectivity index (χ0n) is 4.51. The minimum absolute atomic E-state index is 0. The number of aliphatic hydroxyl groups is 1. The van der Waals surface area contributed by atoms with Crippen LogP contribution in [-0.4, -0.2) is 59.6 Å². The van der Waals surface area contributed by atoms with Gasteiger partial charge in [-0.05, 0) is 13.8 Å². The molecule has 0 saturated carbocycles. The van der Waals surface area contributed by atoms with Crippen molar-refractivity contribution in [1.29, 1.82) is 0 Å². The third kappa shape index (κ3) is 107. The molecule has 1 N–H and O–H groups in total. The van der Waals surface area contributed by atoms with E-state index in [-0.39, 0.29) is 31.9 Å². The molecule has 0 aliphatic heterocycles. The van der Waals surface area contributed by atoms with Crippen LogP contribution >= 0.6 is 0 Å². The van der Waals surface area contributed by atoms with Gasteiger partial charge < -0.3 is 5.11 Å². The summed E-state index contributed by atoms with van der Waals surface area (Å²) < 4.78 is 8.34. The van der Waals surface area contributed by atoms with Crippen molar-refractivity contribution in [1.82, 2.24) is 0 Å². The average Bonchev–Trinajstić information content (AvgIpc) is 1.41. The summed E-state index contributed by atoms with van der Waals surface area (Å²) in [6.45, 7) is 3.44. The van der Waals surface area contributed by atoms with Gasteiger partial charge in [-0.3, -0.25) is 0 Å². The third-order valence-electron chi connectivity index (χ3n) is 0. The number of rotatable bonds is 0. The van der Waals surface area contributed by atoms with Crippen LogP contribution in [0.15, 0.2) is 0 Å². The predicted molar refractivity (Wildman–Crippen MR) is 29.5 cm³/mol. The molecule has 0 spiro atoms. The predicted octanol–water partition coefficient (Wildman–Crippen LogP) is -0.493. The van der Waals surface area contributed by atoms with Gasteiger partial charge in [0.2, 0.25) is 0 Å². The quantitative estimate of drug-likeness (QED) is 0.613. The second kappa shape index (κ2) is 15.7. The Balaban J connectivity index is -0.0000000480. The Labute approximate surface area is 75.9 Å². The molecule has 39 valence electrons. The van der Waals surface area contributed by atoms with Crippen molar-refractivity contribution >= 4 is 48.4 Å². The summed E-state index contributed by atoms with van der Waals surface area (Å²) in [4.78, 5) is 0. The molecule has 0 aliphatic rings. The van der Waals surface area contributed by atoms with E-state index in [0.29, 0.717) is 22.5 Å². The van der Waals surface area contributed by atoms with Crippen LogP contribution in [0.1, 0.15) is 13.8 Å². The summed E-state index contributed by atoms with van der Waals surface area (Å²) in [5, 5.41) is 8.06. The van der Waals surface area contributed by atoms with Gasteiger partial charge in [-0.1, -0.05) is 0 Å². The van der Waals surface area contributed by atoms with Gasteiger partial charge in [0.25, 0.3) is 0 Å². The molecule has 5 radical (unpaired) electrons. The van der Waals surface area contributed by atoms with Gasteiger partial charge >= 0.3 is 25.6 Å². The van der Waals surface area contributed by atoms with E-state index in [9.17, 15) is 0 Å². The van der Waals surface area contributed by atoms with E-state index in [0.717, 1.165) is 0 Å². The first kappa shape index (κ1) is 15.8. The van der Waals surface area contributed by atoms with Gasteiger partial charge in [-0.2, -0.15) is 0 Å². The van der Waals surface area contributed by atoms with Gasteiger partial charge in [-0.25, -0.2) is 0 Å². The fourth-order valence-electron chi connectivity index (χ4n) is 0. The molecule has 0 heterocycles. The molecule has 2 nitrogen and oxygen atoms in total.